The van der Waals surface area contributed by atoms with Crippen molar-refractivity contribution in [2.45, 2.75) is 6.42 Å². The maximum Gasteiger partial charge on any atom is 0.227 e. The molecule has 0 saturated carbocycles. The third-order valence-corrected chi connectivity index (χ3v) is 2.71. The van der Waals surface area contributed by atoms with Crippen molar-refractivity contribution in [3.63, 3.8) is 0 Å². The number of hydrogen-bond donors (Lipinski definition) is 0. The van der Waals surface area contributed by atoms with Gasteiger partial charge in [0.25, 0.3) is 0 Å². The normalized spacial score (nSPS) is 20.2. The molecule has 16 heavy (non-hydrogen) atoms. The Bertz CT molecular complexity index is 445. The number of rotatable bonds is 2. The van der Waals surface area contributed by atoms with Crippen LogP contribution in [-0.2, 0) is 4.79 Å². The number of amides is 1. The van der Waals surface area contributed by atoms with Gasteiger partial charge in [-0.3, -0.25) is 4.79 Å². The lowest BCUT2D eigenvalue weighted by Gasteiger charge is -2.16. The topological polar surface area (TPSA) is 20.3 Å². The van der Waals surface area contributed by atoms with Gasteiger partial charge in [-0.05, 0) is 12.1 Å². The van der Waals surface area contributed by atoms with Gasteiger partial charge in [0.15, 0.2) is 11.6 Å². The second-order valence-electron chi connectivity index (χ2n) is 3.78. The molecule has 1 heterocycles. The van der Waals surface area contributed by atoms with Gasteiger partial charge in [0.2, 0.25) is 5.91 Å². The highest BCUT2D eigenvalue weighted by atomic mass is 19.2. The molecule has 1 unspecified atom stereocenters. The van der Waals surface area contributed by atoms with Crippen LogP contribution in [0.5, 0.6) is 0 Å². The molecular formula is C12H11F2NO. The lowest BCUT2D eigenvalue weighted by atomic mass is 10.1. The van der Waals surface area contributed by atoms with Gasteiger partial charge in [0.05, 0.1) is 5.69 Å². The molecule has 1 fully saturated rings. The molecule has 1 aromatic carbocycles. The molecule has 1 amide bonds. The zero-order valence-corrected chi connectivity index (χ0v) is 8.62. The Kier molecular flexibility index (Phi) is 2.73. The lowest BCUT2D eigenvalue weighted by Crippen LogP contribution is -2.25. The number of anilines is 1. The smallest absolute Gasteiger partial charge is 0.227 e. The predicted octanol–water partition coefficient (Wildman–Crippen LogP) is 2.50. The fourth-order valence-corrected chi connectivity index (χ4v) is 1.83. The summed E-state index contributed by atoms with van der Waals surface area (Å²) in [5.41, 5.74) is 0.00866. The molecule has 2 rings (SSSR count). The number of nitrogens with zero attached hydrogens (tertiary/aromatic N) is 1. The van der Waals surface area contributed by atoms with Gasteiger partial charge in [-0.2, -0.15) is 0 Å². The van der Waals surface area contributed by atoms with E-state index in [1.165, 1.54) is 17.0 Å². The van der Waals surface area contributed by atoms with Crippen molar-refractivity contribution >= 4 is 11.6 Å². The lowest BCUT2D eigenvalue weighted by molar-refractivity contribution is -0.117. The molecule has 1 aliphatic rings. The third kappa shape index (κ3) is 1.71. The van der Waals surface area contributed by atoms with Crippen LogP contribution in [0.1, 0.15) is 6.42 Å². The van der Waals surface area contributed by atoms with Crippen molar-refractivity contribution in [2.75, 3.05) is 11.4 Å². The molecule has 4 heteroatoms. The number of halogens is 2. The Labute approximate surface area is 92.2 Å². The summed E-state index contributed by atoms with van der Waals surface area (Å²) in [6.07, 6.45) is 1.97. The zero-order chi connectivity index (χ0) is 11.7. The van der Waals surface area contributed by atoms with Gasteiger partial charge in [-0.25, -0.2) is 8.78 Å². The monoisotopic (exact) mass is 223 g/mol. The summed E-state index contributed by atoms with van der Waals surface area (Å²) in [5, 5.41) is 0. The molecule has 0 bridgehead atoms. The second-order valence-corrected chi connectivity index (χ2v) is 3.78. The Morgan fingerprint density at radius 1 is 1.44 bits per heavy atom. The van der Waals surface area contributed by atoms with E-state index in [1.54, 1.807) is 6.08 Å². The fourth-order valence-electron chi connectivity index (χ4n) is 1.83. The molecule has 1 aromatic rings. The summed E-state index contributed by atoms with van der Waals surface area (Å²) in [5.74, 6) is -2.10. The molecular weight excluding hydrogens is 212 g/mol. The van der Waals surface area contributed by atoms with Crippen molar-refractivity contribution in [3.05, 3.63) is 42.5 Å². The summed E-state index contributed by atoms with van der Waals surface area (Å²) in [6.45, 7) is 3.96. The van der Waals surface area contributed by atoms with E-state index < -0.39 is 11.6 Å². The van der Waals surface area contributed by atoms with Crippen molar-refractivity contribution in [3.8, 4) is 0 Å². The van der Waals surface area contributed by atoms with E-state index in [4.69, 9.17) is 0 Å². The van der Waals surface area contributed by atoms with E-state index in [2.05, 4.69) is 6.58 Å². The van der Waals surface area contributed by atoms with Gasteiger partial charge in [-0.1, -0.05) is 12.1 Å². The Morgan fingerprint density at radius 2 is 2.19 bits per heavy atom. The molecule has 0 spiro atoms. The SMILES string of the molecule is C=CC1CC(=O)N(c2cccc(F)c2F)C1. The minimum absolute atomic E-state index is 0.00866. The molecule has 1 aliphatic heterocycles. The average Bonchev–Trinajstić information content (AvgIpc) is 2.64. The molecule has 0 radical (unpaired) electrons. The maximum atomic E-state index is 13.5. The van der Waals surface area contributed by atoms with Gasteiger partial charge < -0.3 is 4.90 Å². The molecule has 0 aromatic heterocycles. The fraction of sp³-hybridized carbons (Fsp3) is 0.250. The zero-order valence-electron chi connectivity index (χ0n) is 8.62. The Balaban J connectivity index is 2.35. The average molecular weight is 223 g/mol. The molecule has 1 atom stereocenters. The van der Waals surface area contributed by atoms with Gasteiger partial charge in [0, 0.05) is 18.9 Å². The van der Waals surface area contributed by atoms with Gasteiger partial charge in [0.1, 0.15) is 0 Å². The summed E-state index contributed by atoms with van der Waals surface area (Å²) in [4.78, 5) is 12.9. The highest BCUT2D eigenvalue weighted by Gasteiger charge is 2.30. The standard InChI is InChI=1S/C12H11F2NO/c1-2-8-6-11(16)15(7-8)10-5-3-4-9(13)12(10)14/h2-5,8H,1,6-7H2. The van der Waals surface area contributed by atoms with E-state index in [0.29, 0.717) is 13.0 Å². The van der Waals surface area contributed by atoms with Crippen molar-refractivity contribution in [1.82, 2.24) is 0 Å². The van der Waals surface area contributed by atoms with E-state index in [9.17, 15) is 13.6 Å². The maximum absolute atomic E-state index is 13.5. The number of carbonyl (C=O) groups is 1. The van der Waals surface area contributed by atoms with Gasteiger partial charge >= 0.3 is 0 Å². The van der Waals surface area contributed by atoms with Crippen LogP contribution in [-0.4, -0.2) is 12.5 Å². The quantitative estimate of drug-likeness (QED) is 0.705. The second kappa shape index (κ2) is 4.04. The van der Waals surface area contributed by atoms with E-state index >= 15 is 0 Å². The molecule has 0 N–H and O–H groups in total. The van der Waals surface area contributed by atoms with Gasteiger partial charge in [-0.15, -0.1) is 6.58 Å². The van der Waals surface area contributed by atoms with Crippen LogP contribution < -0.4 is 4.90 Å². The molecule has 1 saturated heterocycles. The highest BCUT2D eigenvalue weighted by Crippen LogP contribution is 2.28. The minimum Gasteiger partial charge on any atom is -0.309 e. The van der Waals surface area contributed by atoms with Crippen LogP contribution >= 0.6 is 0 Å². The van der Waals surface area contributed by atoms with Crippen LogP contribution in [0.25, 0.3) is 0 Å². The van der Waals surface area contributed by atoms with E-state index in [-0.39, 0.29) is 17.5 Å². The van der Waals surface area contributed by atoms with E-state index in [0.717, 1.165) is 6.07 Å². The number of benzene rings is 1. The first-order valence-electron chi connectivity index (χ1n) is 5.00. The highest BCUT2D eigenvalue weighted by molar-refractivity contribution is 5.96. The molecule has 0 aliphatic carbocycles. The molecule has 84 valence electrons. The third-order valence-electron chi connectivity index (χ3n) is 2.71. The van der Waals surface area contributed by atoms with Crippen molar-refractivity contribution in [2.24, 2.45) is 5.92 Å². The van der Waals surface area contributed by atoms with Crippen LogP contribution in [0.4, 0.5) is 14.5 Å². The minimum atomic E-state index is -0.972. The predicted molar refractivity (Wildman–Crippen MR) is 57.0 cm³/mol. The first-order valence-corrected chi connectivity index (χ1v) is 5.00. The largest absolute Gasteiger partial charge is 0.309 e. The van der Waals surface area contributed by atoms with Crippen molar-refractivity contribution < 1.29 is 13.6 Å². The Morgan fingerprint density at radius 3 is 2.81 bits per heavy atom. The Hall–Kier alpha value is -1.71. The summed E-state index contributed by atoms with van der Waals surface area (Å²) in [7, 11) is 0. The summed E-state index contributed by atoms with van der Waals surface area (Å²) < 4.78 is 26.5. The summed E-state index contributed by atoms with van der Waals surface area (Å²) >= 11 is 0. The van der Waals surface area contributed by atoms with E-state index in [1.807, 2.05) is 0 Å². The van der Waals surface area contributed by atoms with Crippen LogP contribution in [0.3, 0.4) is 0 Å². The van der Waals surface area contributed by atoms with Crippen LogP contribution in [0.2, 0.25) is 0 Å². The van der Waals surface area contributed by atoms with Crippen LogP contribution in [0.15, 0.2) is 30.9 Å². The number of carbonyl (C=O) groups excluding carboxylic acids is 1. The van der Waals surface area contributed by atoms with Crippen molar-refractivity contribution in [1.29, 1.82) is 0 Å². The summed E-state index contributed by atoms with van der Waals surface area (Å²) in [6, 6.07) is 3.83. The van der Waals surface area contributed by atoms with Crippen LogP contribution in [0, 0.1) is 17.6 Å². The molecule has 2 nitrogen and oxygen atoms in total. The first-order chi connectivity index (χ1) is 7.63. The first kappa shape index (κ1) is 10.8. The number of hydrogen-bond acceptors (Lipinski definition) is 1.